The van der Waals surface area contributed by atoms with Gasteiger partial charge in [-0.2, -0.15) is 4.98 Å². The van der Waals surface area contributed by atoms with Gasteiger partial charge in [0.25, 0.3) is 0 Å². The van der Waals surface area contributed by atoms with E-state index in [4.69, 9.17) is 4.74 Å². The van der Waals surface area contributed by atoms with E-state index in [1.54, 1.807) is 12.3 Å². The van der Waals surface area contributed by atoms with E-state index in [-0.39, 0.29) is 0 Å². The molecule has 0 bridgehead atoms. The Balaban J connectivity index is 1.75. The van der Waals surface area contributed by atoms with Crippen molar-refractivity contribution in [2.24, 2.45) is 5.92 Å². The number of nitrogens with one attached hydrogen (secondary N) is 1. The molecule has 5 heteroatoms. The Hall–Kier alpha value is -1.36. The lowest BCUT2D eigenvalue weighted by molar-refractivity contribution is 0.294. The second kappa shape index (κ2) is 7.28. The smallest absolute Gasteiger partial charge is 0.225 e. The monoisotopic (exact) mass is 264 g/mol. The lowest BCUT2D eigenvalue weighted by Crippen LogP contribution is -2.29. The van der Waals surface area contributed by atoms with Gasteiger partial charge >= 0.3 is 0 Å². The number of hydrogen-bond acceptors (Lipinski definition) is 5. The summed E-state index contributed by atoms with van der Waals surface area (Å²) in [5.74, 6) is 1.88. The summed E-state index contributed by atoms with van der Waals surface area (Å²) in [6, 6.07) is 1.78. The molecule has 1 aromatic rings. The van der Waals surface area contributed by atoms with Crippen LogP contribution in [0.1, 0.15) is 26.7 Å². The van der Waals surface area contributed by atoms with Crippen LogP contribution in [0.4, 0.5) is 5.95 Å². The van der Waals surface area contributed by atoms with Gasteiger partial charge in [0.1, 0.15) is 0 Å². The predicted molar refractivity (Wildman–Crippen MR) is 76.5 cm³/mol. The van der Waals surface area contributed by atoms with Crippen LogP contribution in [0.5, 0.6) is 5.88 Å². The highest BCUT2D eigenvalue weighted by molar-refractivity contribution is 5.27. The van der Waals surface area contributed by atoms with Gasteiger partial charge in [0.05, 0.1) is 6.61 Å². The van der Waals surface area contributed by atoms with Crippen LogP contribution in [-0.4, -0.2) is 47.7 Å². The third kappa shape index (κ3) is 4.67. The number of hydrogen-bond donors (Lipinski definition) is 1. The van der Waals surface area contributed by atoms with Crippen LogP contribution in [0.15, 0.2) is 12.3 Å². The quantitative estimate of drug-likeness (QED) is 0.816. The zero-order chi connectivity index (χ0) is 13.5. The van der Waals surface area contributed by atoms with E-state index in [9.17, 15) is 0 Å². The number of ether oxygens (including phenoxy) is 1. The third-order valence-electron chi connectivity index (χ3n) is 3.30. The molecule has 1 aliphatic heterocycles. The van der Waals surface area contributed by atoms with Crippen LogP contribution in [0.2, 0.25) is 0 Å². The van der Waals surface area contributed by atoms with Crippen molar-refractivity contribution in [3.63, 3.8) is 0 Å². The van der Waals surface area contributed by atoms with Crippen molar-refractivity contribution >= 4 is 5.95 Å². The number of aromatic nitrogens is 2. The normalized spacial score (nSPS) is 17.4. The average Bonchev–Trinajstić information content (AvgIpc) is 2.90. The molecule has 19 heavy (non-hydrogen) atoms. The highest BCUT2D eigenvalue weighted by Gasteiger charge is 2.14. The zero-order valence-corrected chi connectivity index (χ0v) is 11.9. The van der Waals surface area contributed by atoms with Crippen LogP contribution in [0, 0.1) is 5.92 Å². The number of likely N-dealkylation sites (tertiary alicyclic amines) is 1. The summed E-state index contributed by atoms with van der Waals surface area (Å²) in [4.78, 5) is 11.0. The summed E-state index contributed by atoms with van der Waals surface area (Å²) >= 11 is 0. The van der Waals surface area contributed by atoms with Gasteiger partial charge in [0.2, 0.25) is 11.8 Å². The van der Waals surface area contributed by atoms with E-state index in [0.717, 1.165) is 13.1 Å². The fourth-order valence-corrected chi connectivity index (χ4v) is 2.39. The van der Waals surface area contributed by atoms with Gasteiger partial charge in [-0.05, 0) is 38.8 Å². The molecule has 1 atom stereocenters. The van der Waals surface area contributed by atoms with Crippen LogP contribution in [-0.2, 0) is 0 Å². The van der Waals surface area contributed by atoms with Gasteiger partial charge in [-0.1, -0.05) is 6.92 Å². The second-order valence-electron chi connectivity index (χ2n) is 5.15. The van der Waals surface area contributed by atoms with Crippen LogP contribution in [0.3, 0.4) is 0 Å². The summed E-state index contributed by atoms with van der Waals surface area (Å²) in [7, 11) is 0. The van der Waals surface area contributed by atoms with Gasteiger partial charge < -0.3 is 15.0 Å². The molecule has 0 aromatic carbocycles. The maximum absolute atomic E-state index is 5.36. The van der Waals surface area contributed by atoms with Gasteiger partial charge in [-0.3, -0.25) is 0 Å². The SMILES string of the molecule is CCOc1ccnc(NCC(C)CN2CCCC2)n1. The molecule has 106 valence electrons. The van der Waals surface area contributed by atoms with Crippen molar-refractivity contribution in [2.45, 2.75) is 26.7 Å². The molecule has 1 saturated heterocycles. The first-order chi connectivity index (χ1) is 9.28. The van der Waals surface area contributed by atoms with E-state index in [1.165, 1.54) is 25.9 Å². The molecule has 5 nitrogen and oxygen atoms in total. The summed E-state index contributed by atoms with van der Waals surface area (Å²) < 4.78 is 5.36. The van der Waals surface area contributed by atoms with Crippen molar-refractivity contribution < 1.29 is 4.74 Å². The van der Waals surface area contributed by atoms with Crippen LogP contribution >= 0.6 is 0 Å². The molecule has 1 aliphatic rings. The van der Waals surface area contributed by atoms with Crippen molar-refractivity contribution in [2.75, 3.05) is 38.1 Å². The molecule has 1 fully saturated rings. The molecule has 0 radical (unpaired) electrons. The topological polar surface area (TPSA) is 50.3 Å². The molecule has 0 spiro atoms. The Kier molecular flexibility index (Phi) is 5.39. The van der Waals surface area contributed by atoms with E-state index >= 15 is 0 Å². The van der Waals surface area contributed by atoms with Crippen molar-refractivity contribution in [3.05, 3.63) is 12.3 Å². The first-order valence-corrected chi connectivity index (χ1v) is 7.20. The number of nitrogens with zero attached hydrogens (tertiary/aromatic N) is 3. The van der Waals surface area contributed by atoms with Gasteiger partial charge in [0.15, 0.2) is 0 Å². The first kappa shape index (κ1) is 14.1. The lowest BCUT2D eigenvalue weighted by atomic mass is 10.1. The minimum absolute atomic E-state index is 0.595. The minimum Gasteiger partial charge on any atom is -0.478 e. The van der Waals surface area contributed by atoms with Crippen molar-refractivity contribution in [1.82, 2.24) is 14.9 Å². The molecule has 1 N–H and O–H groups in total. The fraction of sp³-hybridized carbons (Fsp3) is 0.714. The molecule has 2 rings (SSSR count). The molecule has 0 saturated carbocycles. The molecular weight excluding hydrogens is 240 g/mol. The van der Waals surface area contributed by atoms with Gasteiger partial charge in [-0.25, -0.2) is 4.98 Å². The maximum atomic E-state index is 5.36. The molecule has 2 heterocycles. The summed E-state index contributed by atoms with van der Waals surface area (Å²) in [5, 5.41) is 3.29. The summed E-state index contributed by atoms with van der Waals surface area (Å²) in [5.41, 5.74) is 0. The Morgan fingerprint density at radius 3 is 2.95 bits per heavy atom. The highest BCUT2D eigenvalue weighted by atomic mass is 16.5. The van der Waals surface area contributed by atoms with E-state index < -0.39 is 0 Å². The predicted octanol–water partition coefficient (Wildman–Crippen LogP) is 2.02. The maximum Gasteiger partial charge on any atom is 0.225 e. The van der Waals surface area contributed by atoms with E-state index in [2.05, 4.69) is 27.1 Å². The molecule has 0 amide bonds. The molecule has 1 aromatic heterocycles. The van der Waals surface area contributed by atoms with Gasteiger partial charge in [-0.15, -0.1) is 0 Å². The highest BCUT2D eigenvalue weighted by Crippen LogP contribution is 2.12. The molecule has 1 unspecified atom stereocenters. The largest absolute Gasteiger partial charge is 0.478 e. The molecule has 0 aliphatic carbocycles. The second-order valence-corrected chi connectivity index (χ2v) is 5.15. The Labute approximate surface area is 115 Å². The van der Waals surface area contributed by atoms with Gasteiger partial charge in [0, 0.05) is 25.4 Å². The van der Waals surface area contributed by atoms with Crippen LogP contribution < -0.4 is 10.1 Å². The minimum atomic E-state index is 0.595. The lowest BCUT2D eigenvalue weighted by Gasteiger charge is -2.20. The standard InChI is InChI=1S/C14H24N4O/c1-3-19-13-6-7-15-14(17-13)16-10-12(2)11-18-8-4-5-9-18/h6-7,12H,3-5,8-11H2,1-2H3,(H,15,16,17). The summed E-state index contributed by atoms with van der Waals surface area (Å²) in [6.45, 7) is 9.39. The van der Waals surface area contributed by atoms with E-state index in [1.807, 2.05) is 6.92 Å². The fourth-order valence-electron chi connectivity index (χ4n) is 2.39. The molecular formula is C14H24N4O. The zero-order valence-electron chi connectivity index (χ0n) is 11.9. The Morgan fingerprint density at radius 1 is 1.42 bits per heavy atom. The van der Waals surface area contributed by atoms with E-state index in [0.29, 0.717) is 24.4 Å². The number of anilines is 1. The number of rotatable bonds is 7. The van der Waals surface area contributed by atoms with Crippen molar-refractivity contribution in [1.29, 1.82) is 0 Å². The summed E-state index contributed by atoms with van der Waals surface area (Å²) in [6.07, 6.45) is 4.42. The Morgan fingerprint density at radius 2 is 2.21 bits per heavy atom. The van der Waals surface area contributed by atoms with Crippen LogP contribution in [0.25, 0.3) is 0 Å². The average molecular weight is 264 g/mol. The van der Waals surface area contributed by atoms with Crippen molar-refractivity contribution in [3.8, 4) is 5.88 Å². The Bertz CT molecular complexity index is 379. The first-order valence-electron chi connectivity index (χ1n) is 7.20. The third-order valence-corrected chi connectivity index (χ3v) is 3.30.